The Morgan fingerprint density at radius 3 is 3.29 bits per heavy atom. The maximum absolute atomic E-state index is 5.37. The summed E-state index contributed by atoms with van der Waals surface area (Å²) in [6.07, 6.45) is 1.82. The molecule has 0 bridgehead atoms. The van der Waals surface area contributed by atoms with E-state index in [4.69, 9.17) is 9.26 Å². The molecule has 1 unspecified atom stereocenters. The van der Waals surface area contributed by atoms with Gasteiger partial charge in [0.05, 0.1) is 0 Å². The minimum Gasteiger partial charge on any atom is -0.373 e. The fraction of sp³-hybridized carbons (Fsp3) is 0.818. The molecule has 1 aromatic rings. The first kappa shape index (κ1) is 12.9. The van der Waals surface area contributed by atoms with Crippen molar-refractivity contribution in [2.45, 2.75) is 32.4 Å². The Kier molecular flexibility index (Phi) is 5.28. The van der Waals surface area contributed by atoms with Crippen LogP contribution in [0.4, 0.5) is 0 Å². The van der Waals surface area contributed by atoms with Gasteiger partial charge in [-0.2, -0.15) is 16.7 Å². The van der Waals surface area contributed by atoms with Gasteiger partial charge in [-0.05, 0) is 6.42 Å². The van der Waals surface area contributed by atoms with Gasteiger partial charge in [-0.25, -0.2) is 0 Å². The predicted molar refractivity (Wildman–Crippen MR) is 67.1 cm³/mol. The number of ether oxygens (including phenoxy) is 1. The van der Waals surface area contributed by atoms with Crippen molar-refractivity contribution in [2.75, 3.05) is 24.7 Å². The molecule has 1 aliphatic heterocycles. The van der Waals surface area contributed by atoms with E-state index >= 15 is 0 Å². The second kappa shape index (κ2) is 6.98. The van der Waals surface area contributed by atoms with Gasteiger partial charge in [-0.3, -0.25) is 0 Å². The molecule has 0 aromatic carbocycles. The van der Waals surface area contributed by atoms with Crippen LogP contribution in [0.25, 0.3) is 0 Å². The van der Waals surface area contributed by atoms with E-state index in [9.17, 15) is 0 Å². The fourth-order valence-corrected chi connectivity index (χ4v) is 2.65. The van der Waals surface area contributed by atoms with E-state index in [0.29, 0.717) is 24.4 Å². The van der Waals surface area contributed by atoms with Gasteiger partial charge >= 0.3 is 0 Å². The number of aromatic nitrogens is 2. The third-order valence-corrected chi connectivity index (χ3v) is 3.64. The topological polar surface area (TPSA) is 60.2 Å². The van der Waals surface area contributed by atoms with Crippen molar-refractivity contribution >= 4 is 11.8 Å². The van der Waals surface area contributed by atoms with Crippen LogP contribution >= 0.6 is 11.8 Å². The summed E-state index contributed by atoms with van der Waals surface area (Å²) < 4.78 is 10.6. The lowest BCUT2D eigenvalue weighted by Gasteiger charge is -2.21. The van der Waals surface area contributed by atoms with E-state index in [1.807, 2.05) is 11.8 Å². The lowest BCUT2D eigenvalue weighted by atomic mass is 10.2. The van der Waals surface area contributed by atoms with Gasteiger partial charge in [0.2, 0.25) is 5.89 Å². The van der Waals surface area contributed by atoms with Gasteiger partial charge in [-0.1, -0.05) is 12.1 Å². The number of hydrogen-bond acceptors (Lipinski definition) is 6. The van der Waals surface area contributed by atoms with Crippen molar-refractivity contribution in [1.82, 2.24) is 15.5 Å². The highest BCUT2D eigenvalue weighted by Gasteiger charge is 2.17. The first-order valence-corrected chi connectivity index (χ1v) is 7.24. The summed E-state index contributed by atoms with van der Waals surface area (Å²) in [5.41, 5.74) is 0. The molecule has 5 nitrogen and oxygen atoms in total. The van der Waals surface area contributed by atoms with Crippen LogP contribution in [0.15, 0.2) is 4.52 Å². The number of hydrogen-bond donors (Lipinski definition) is 1. The molecule has 2 rings (SSSR count). The number of rotatable bonds is 6. The van der Waals surface area contributed by atoms with E-state index in [0.717, 1.165) is 31.7 Å². The van der Waals surface area contributed by atoms with Crippen molar-refractivity contribution in [3.8, 4) is 0 Å². The maximum atomic E-state index is 5.37. The van der Waals surface area contributed by atoms with Crippen molar-refractivity contribution in [2.24, 2.45) is 0 Å². The van der Waals surface area contributed by atoms with Gasteiger partial charge in [0.1, 0.15) is 6.61 Å². The minimum absolute atomic E-state index is 0.449. The van der Waals surface area contributed by atoms with Gasteiger partial charge in [0.25, 0.3) is 0 Å². The Morgan fingerprint density at radius 2 is 2.53 bits per heavy atom. The molecule has 1 aromatic heterocycles. The average Bonchev–Trinajstić information content (AvgIpc) is 2.79. The van der Waals surface area contributed by atoms with Crippen LogP contribution in [-0.4, -0.2) is 40.8 Å². The molecule has 0 spiro atoms. The third-order valence-electron chi connectivity index (χ3n) is 2.51. The normalized spacial score (nSPS) is 20.6. The minimum atomic E-state index is 0.449. The second-order valence-electron chi connectivity index (χ2n) is 4.09. The number of nitrogens with zero attached hydrogens (tertiary/aromatic N) is 2. The van der Waals surface area contributed by atoms with Crippen molar-refractivity contribution < 1.29 is 9.26 Å². The molecule has 1 N–H and O–H groups in total. The maximum Gasteiger partial charge on any atom is 0.228 e. The quantitative estimate of drug-likeness (QED) is 0.774. The Morgan fingerprint density at radius 1 is 1.59 bits per heavy atom. The highest BCUT2D eigenvalue weighted by molar-refractivity contribution is 7.99. The standard InChI is InChI=1S/C11H19N3O2S/c1-2-4-15-7-10-13-11(16-14-10)6-9-8-17-5-3-12-9/h9,12H,2-8H2,1H3. The van der Waals surface area contributed by atoms with Crippen LogP contribution in [0.2, 0.25) is 0 Å². The summed E-state index contributed by atoms with van der Waals surface area (Å²) >= 11 is 1.97. The second-order valence-corrected chi connectivity index (χ2v) is 5.24. The molecule has 2 heterocycles. The lowest BCUT2D eigenvalue weighted by molar-refractivity contribution is 0.114. The highest BCUT2D eigenvalue weighted by atomic mass is 32.2. The molecule has 0 saturated carbocycles. The van der Waals surface area contributed by atoms with Crippen molar-refractivity contribution in [1.29, 1.82) is 0 Å². The molecule has 0 radical (unpaired) electrons. The van der Waals surface area contributed by atoms with E-state index in [-0.39, 0.29) is 0 Å². The number of nitrogens with one attached hydrogen (secondary N) is 1. The molecule has 17 heavy (non-hydrogen) atoms. The summed E-state index contributed by atoms with van der Waals surface area (Å²) in [5, 5.41) is 7.36. The van der Waals surface area contributed by atoms with Gasteiger partial charge in [0.15, 0.2) is 5.82 Å². The van der Waals surface area contributed by atoms with Gasteiger partial charge < -0.3 is 14.6 Å². The Bertz CT molecular complexity index is 326. The van der Waals surface area contributed by atoms with E-state index in [1.165, 1.54) is 5.75 Å². The van der Waals surface area contributed by atoms with Gasteiger partial charge in [0, 0.05) is 37.1 Å². The SMILES string of the molecule is CCCOCc1noc(CC2CSCCN2)n1. The number of thioether (sulfide) groups is 1. The first-order valence-electron chi connectivity index (χ1n) is 6.09. The van der Waals surface area contributed by atoms with E-state index in [2.05, 4.69) is 22.4 Å². The van der Waals surface area contributed by atoms with E-state index in [1.54, 1.807) is 0 Å². The summed E-state index contributed by atoms with van der Waals surface area (Å²) in [6.45, 7) is 4.33. The van der Waals surface area contributed by atoms with Crippen LogP contribution in [0.3, 0.4) is 0 Å². The zero-order valence-electron chi connectivity index (χ0n) is 10.1. The van der Waals surface area contributed by atoms with Gasteiger partial charge in [-0.15, -0.1) is 0 Å². The zero-order chi connectivity index (χ0) is 11.9. The van der Waals surface area contributed by atoms with Crippen LogP contribution in [0, 0.1) is 0 Å². The van der Waals surface area contributed by atoms with Crippen LogP contribution < -0.4 is 5.32 Å². The summed E-state index contributed by atoms with van der Waals surface area (Å²) in [4.78, 5) is 4.32. The molecule has 1 aliphatic rings. The Hall–Kier alpha value is -0.590. The summed E-state index contributed by atoms with van der Waals surface area (Å²) in [6, 6.07) is 0.457. The van der Waals surface area contributed by atoms with Crippen LogP contribution in [0.5, 0.6) is 0 Å². The largest absolute Gasteiger partial charge is 0.373 e. The monoisotopic (exact) mass is 257 g/mol. The Balaban J connectivity index is 1.76. The predicted octanol–water partition coefficient (Wildman–Crippen LogP) is 1.24. The summed E-state index contributed by atoms with van der Waals surface area (Å²) in [5.74, 6) is 3.66. The molecule has 0 aliphatic carbocycles. The molecule has 1 saturated heterocycles. The molecule has 1 atom stereocenters. The summed E-state index contributed by atoms with van der Waals surface area (Å²) in [7, 11) is 0. The fourth-order valence-electron chi connectivity index (χ4n) is 1.70. The smallest absolute Gasteiger partial charge is 0.228 e. The molecular formula is C11H19N3O2S. The third kappa shape index (κ3) is 4.29. The van der Waals surface area contributed by atoms with E-state index < -0.39 is 0 Å². The highest BCUT2D eigenvalue weighted by Crippen LogP contribution is 2.11. The van der Waals surface area contributed by atoms with Crippen LogP contribution in [0.1, 0.15) is 25.1 Å². The Labute approximate surface area is 106 Å². The first-order chi connectivity index (χ1) is 8.38. The molecular weight excluding hydrogens is 238 g/mol. The zero-order valence-corrected chi connectivity index (χ0v) is 11.0. The molecule has 0 amide bonds. The molecule has 1 fully saturated rings. The van der Waals surface area contributed by atoms with Crippen LogP contribution in [-0.2, 0) is 17.8 Å². The molecule has 6 heteroatoms. The molecule has 96 valence electrons. The van der Waals surface area contributed by atoms with Crippen molar-refractivity contribution in [3.05, 3.63) is 11.7 Å². The lowest BCUT2D eigenvalue weighted by Crippen LogP contribution is -2.38. The van der Waals surface area contributed by atoms with Crippen molar-refractivity contribution in [3.63, 3.8) is 0 Å². The average molecular weight is 257 g/mol.